The molecule has 2 N–H and O–H groups in total. The third-order valence-corrected chi connectivity index (χ3v) is 4.00. The first-order chi connectivity index (χ1) is 7.50. The monoisotopic (exact) mass is 217 g/mol. The summed E-state index contributed by atoms with van der Waals surface area (Å²) in [7, 11) is 0. The molecular formula is C15H23N. The van der Waals surface area contributed by atoms with E-state index in [1.54, 1.807) is 0 Å². The maximum Gasteiger partial charge on any atom is 0.0329 e. The highest BCUT2D eigenvalue weighted by Crippen LogP contribution is 2.43. The Hall–Kier alpha value is -0.820. The first-order valence-electron chi connectivity index (χ1n) is 6.39. The standard InChI is InChI=1S/C15H23N/c1-9(2)7-12-5-6-13-10(3)11(4)15(16)14(13)8-12/h5-6,8-11,15H,7,16H2,1-4H3. The molecule has 1 aromatic carbocycles. The van der Waals surface area contributed by atoms with E-state index in [9.17, 15) is 0 Å². The molecule has 0 aliphatic heterocycles. The first kappa shape index (κ1) is 11.7. The zero-order valence-corrected chi connectivity index (χ0v) is 10.8. The molecule has 16 heavy (non-hydrogen) atoms. The summed E-state index contributed by atoms with van der Waals surface area (Å²) in [5.41, 5.74) is 10.6. The molecule has 0 saturated heterocycles. The van der Waals surface area contributed by atoms with E-state index >= 15 is 0 Å². The Morgan fingerprint density at radius 2 is 1.88 bits per heavy atom. The summed E-state index contributed by atoms with van der Waals surface area (Å²) in [5.74, 6) is 1.90. The van der Waals surface area contributed by atoms with E-state index in [1.807, 2.05) is 0 Å². The molecule has 88 valence electrons. The van der Waals surface area contributed by atoms with E-state index in [0.717, 1.165) is 6.42 Å². The molecule has 2 rings (SSSR count). The lowest BCUT2D eigenvalue weighted by atomic mass is 9.95. The Morgan fingerprint density at radius 3 is 2.50 bits per heavy atom. The predicted molar refractivity (Wildman–Crippen MR) is 69.5 cm³/mol. The van der Waals surface area contributed by atoms with Crippen LogP contribution in [0.15, 0.2) is 18.2 Å². The Morgan fingerprint density at radius 1 is 1.19 bits per heavy atom. The lowest BCUT2D eigenvalue weighted by molar-refractivity contribution is 0.451. The Bertz CT molecular complexity index is 381. The smallest absolute Gasteiger partial charge is 0.0329 e. The Labute approximate surface area is 99.0 Å². The quantitative estimate of drug-likeness (QED) is 0.804. The van der Waals surface area contributed by atoms with Gasteiger partial charge in [-0.2, -0.15) is 0 Å². The first-order valence-corrected chi connectivity index (χ1v) is 6.39. The van der Waals surface area contributed by atoms with Gasteiger partial charge in [0.25, 0.3) is 0 Å². The van der Waals surface area contributed by atoms with Crippen molar-refractivity contribution in [3.63, 3.8) is 0 Å². The maximum absolute atomic E-state index is 6.28. The van der Waals surface area contributed by atoms with Crippen LogP contribution in [0.3, 0.4) is 0 Å². The molecule has 1 aromatic rings. The van der Waals surface area contributed by atoms with E-state index in [2.05, 4.69) is 45.9 Å². The summed E-state index contributed by atoms with van der Waals surface area (Å²) in [6.45, 7) is 9.08. The summed E-state index contributed by atoms with van der Waals surface area (Å²) in [4.78, 5) is 0. The fraction of sp³-hybridized carbons (Fsp3) is 0.600. The second-order valence-electron chi connectivity index (χ2n) is 5.73. The van der Waals surface area contributed by atoms with Gasteiger partial charge in [0.1, 0.15) is 0 Å². The molecule has 3 atom stereocenters. The second-order valence-corrected chi connectivity index (χ2v) is 5.73. The van der Waals surface area contributed by atoms with Crippen molar-refractivity contribution in [3.05, 3.63) is 34.9 Å². The maximum atomic E-state index is 6.28. The normalized spacial score (nSPS) is 28.5. The van der Waals surface area contributed by atoms with Crippen LogP contribution in [0.1, 0.15) is 56.3 Å². The van der Waals surface area contributed by atoms with E-state index in [-0.39, 0.29) is 6.04 Å². The van der Waals surface area contributed by atoms with E-state index in [1.165, 1.54) is 16.7 Å². The number of benzene rings is 1. The third-order valence-electron chi connectivity index (χ3n) is 4.00. The molecule has 0 spiro atoms. The summed E-state index contributed by atoms with van der Waals surface area (Å²) < 4.78 is 0. The molecule has 0 aromatic heterocycles. The molecule has 0 bridgehead atoms. The van der Waals surface area contributed by atoms with E-state index < -0.39 is 0 Å². The average Bonchev–Trinajstić information content (AvgIpc) is 2.43. The van der Waals surface area contributed by atoms with Crippen LogP contribution in [0.25, 0.3) is 0 Å². The Kier molecular flexibility index (Phi) is 3.07. The fourth-order valence-electron chi connectivity index (χ4n) is 2.80. The molecule has 0 saturated carbocycles. The predicted octanol–water partition coefficient (Wildman–Crippen LogP) is 3.64. The SMILES string of the molecule is CC(C)Cc1ccc2c(c1)C(N)C(C)C2C. The molecule has 0 fully saturated rings. The van der Waals surface area contributed by atoms with Crippen molar-refractivity contribution in [3.8, 4) is 0 Å². The fourth-order valence-corrected chi connectivity index (χ4v) is 2.80. The van der Waals surface area contributed by atoms with Crippen molar-refractivity contribution in [2.24, 2.45) is 17.6 Å². The van der Waals surface area contributed by atoms with Gasteiger partial charge in [-0.05, 0) is 40.9 Å². The minimum atomic E-state index is 0.233. The molecule has 1 nitrogen and oxygen atoms in total. The highest BCUT2D eigenvalue weighted by Gasteiger charge is 2.32. The van der Waals surface area contributed by atoms with Crippen molar-refractivity contribution in [2.75, 3.05) is 0 Å². The minimum Gasteiger partial charge on any atom is -0.324 e. The largest absolute Gasteiger partial charge is 0.324 e. The van der Waals surface area contributed by atoms with E-state index in [4.69, 9.17) is 5.73 Å². The molecule has 1 aliphatic rings. The zero-order chi connectivity index (χ0) is 11.9. The number of fused-ring (bicyclic) bond motifs is 1. The van der Waals surface area contributed by atoms with Crippen LogP contribution in [0.5, 0.6) is 0 Å². The molecule has 3 unspecified atom stereocenters. The van der Waals surface area contributed by atoms with Crippen molar-refractivity contribution < 1.29 is 0 Å². The van der Waals surface area contributed by atoms with Gasteiger partial charge >= 0.3 is 0 Å². The number of hydrogen-bond donors (Lipinski definition) is 1. The van der Waals surface area contributed by atoms with Gasteiger partial charge in [0.05, 0.1) is 0 Å². The second kappa shape index (κ2) is 4.21. The van der Waals surface area contributed by atoms with Gasteiger partial charge in [0, 0.05) is 6.04 Å². The molecule has 0 amide bonds. The van der Waals surface area contributed by atoms with Gasteiger partial charge in [-0.15, -0.1) is 0 Å². The molecule has 0 radical (unpaired) electrons. The summed E-state index contributed by atoms with van der Waals surface area (Å²) in [6.07, 6.45) is 1.16. The van der Waals surface area contributed by atoms with Crippen LogP contribution in [0.4, 0.5) is 0 Å². The van der Waals surface area contributed by atoms with Crippen LogP contribution in [-0.4, -0.2) is 0 Å². The highest BCUT2D eigenvalue weighted by atomic mass is 14.7. The number of rotatable bonds is 2. The highest BCUT2D eigenvalue weighted by molar-refractivity contribution is 5.41. The summed E-state index contributed by atoms with van der Waals surface area (Å²) >= 11 is 0. The van der Waals surface area contributed by atoms with Gasteiger partial charge < -0.3 is 5.73 Å². The van der Waals surface area contributed by atoms with Gasteiger partial charge in [0.2, 0.25) is 0 Å². The third kappa shape index (κ3) is 1.89. The molecular weight excluding hydrogens is 194 g/mol. The van der Waals surface area contributed by atoms with Crippen LogP contribution < -0.4 is 5.73 Å². The van der Waals surface area contributed by atoms with Crippen LogP contribution in [0.2, 0.25) is 0 Å². The van der Waals surface area contributed by atoms with Gasteiger partial charge in [-0.1, -0.05) is 45.9 Å². The van der Waals surface area contributed by atoms with Gasteiger partial charge in [0.15, 0.2) is 0 Å². The number of nitrogens with two attached hydrogens (primary N) is 1. The van der Waals surface area contributed by atoms with Crippen molar-refractivity contribution in [1.29, 1.82) is 0 Å². The van der Waals surface area contributed by atoms with Crippen LogP contribution in [-0.2, 0) is 6.42 Å². The number of hydrogen-bond acceptors (Lipinski definition) is 1. The van der Waals surface area contributed by atoms with Gasteiger partial charge in [-0.25, -0.2) is 0 Å². The topological polar surface area (TPSA) is 26.0 Å². The van der Waals surface area contributed by atoms with Crippen molar-refractivity contribution >= 4 is 0 Å². The minimum absolute atomic E-state index is 0.233. The van der Waals surface area contributed by atoms with Crippen LogP contribution >= 0.6 is 0 Å². The zero-order valence-electron chi connectivity index (χ0n) is 10.8. The Balaban J connectivity index is 2.34. The summed E-state index contributed by atoms with van der Waals surface area (Å²) in [6, 6.07) is 7.14. The average molecular weight is 217 g/mol. The van der Waals surface area contributed by atoms with Crippen LogP contribution in [0, 0.1) is 11.8 Å². The van der Waals surface area contributed by atoms with E-state index in [0.29, 0.717) is 17.8 Å². The lowest BCUT2D eigenvalue weighted by Gasteiger charge is -2.13. The molecule has 1 heteroatoms. The van der Waals surface area contributed by atoms with Gasteiger partial charge in [-0.3, -0.25) is 0 Å². The van der Waals surface area contributed by atoms with Crippen molar-refractivity contribution in [2.45, 2.75) is 46.1 Å². The summed E-state index contributed by atoms with van der Waals surface area (Å²) in [5, 5.41) is 0. The molecule has 0 heterocycles. The lowest BCUT2D eigenvalue weighted by Crippen LogP contribution is -2.15. The van der Waals surface area contributed by atoms with Crippen molar-refractivity contribution in [1.82, 2.24) is 0 Å². The molecule has 1 aliphatic carbocycles.